The van der Waals surface area contributed by atoms with E-state index in [1.165, 1.54) is 186 Å². The molecule has 0 radical (unpaired) electrons. The number of ether oxygens (including phenoxy) is 1. The minimum atomic E-state index is -0.671. The Kier molecular flexibility index (Phi) is 45.1. The van der Waals surface area contributed by atoms with Crippen LogP contribution in [0, 0.1) is 0 Å². The Morgan fingerprint density at radius 3 is 1.30 bits per heavy atom. The first-order valence-electron chi connectivity index (χ1n) is 24.9. The summed E-state index contributed by atoms with van der Waals surface area (Å²) in [5, 5.41) is 23.2. The first-order chi connectivity index (χ1) is 27.5. The van der Waals surface area contributed by atoms with Crippen LogP contribution in [-0.2, 0) is 14.3 Å². The third-order valence-electron chi connectivity index (χ3n) is 11.6. The van der Waals surface area contributed by atoms with Crippen LogP contribution in [0.3, 0.4) is 0 Å². The molecule has 0 spiro atoms. The highest BCUT2D eigenvalue weighted by atomic mass is 16.5. The molecule has 0 aliphatic carbocycles. The van der Waals surface area contributed by atoms with Crippen LogP contribution in [0.4, 0.5) is 0 Å². The summed E-state index contributed by atoms with van der Waals surface area (Å²) in [4.78, 5) is 24.4. The van der Waals surface area contributed by atoms with E-state index in [-0.39, 0.29) is 18.5 Å². The van der Waals surface area contributed by atoms with E-state index in [2.05, 4.69) is 31.3 Å². The first-order valence-corrected chi connectivity index (χ1v) is 24.9. The Hall–Kier alpha value is -1.40. The van der Waals surface area contributed by atoms with Crippen LogP contribution in [0.5, 0.6) is 0 Å². The lowest BCUT2D eigenvalue weighted by molar-refractivity contribution is -0.143. The lowest BCUT2D eigenvalue weighted by Crippen LogP contribution is -2.45. The summed E-state index contributed by atoms with van der Waals surface area (Å²) in [7, 11) is 0. The minimum Gasteiger partial charge on any atom is -0.466 e. The smallest absolute Gasteiger partial charge is 0.305 e. The SMILES string of the molecule is CCCCC/C=C\CCCCCCCC(=O)OCCCCCCCCCCCCCCCC(=O)NC(CO)C(O)CCCCCCCCCCCCCCCC. The summed E-state index contributed by atoms with van der Waals surface area (Å²) in [6, 6.07) is -0.550. The fourth-order valence-electron chi connectivity index (χ4n) is 7.69. The van der Waals surface area contributed by atoms with Crippen molar-refractivity contribution >= 4 is 11.9 Å². The number of nitrogens with one attached hydrogen (secondary N) is 1. The molecule has 56 heavy (non-hydrogen) atoms. The van der Waals surface area contributed by atoms with Crippen LogP contribution in [0.1, 0.15) is 271 Å². The van der Waals surface area contributed by atoms with E-state index in [0.717, 1.165) is 51.4 Å². The molecule has 2 unspecified atom stereocenters. The molecule has 0 fully saturated rings. The Bertz CT molecular complexity index is 832. The molecule has 0 aromatic heterocycles. The van der Waals surface area contributed by atoms with Crippen molar-refractivity contribution in [3.63, 3.8) is 0 Å². The number of amides is 1. The van der Waals surface area contributed by atoms with E-state index < -0.39 is 12.1 Å². The highest BCUT2D eigenvalue weighted by Gasteiger charge is 2.20. The number of rotatable bonds is 46. The molecule has 6 nitrogen and oxygen atoms in total. The minimum absolute atomic E-state index is 0.0154. The highest BCUT2D eigenvalue weighted by Crippen LogP contribution is 2.16. The summed E-state index contributed by atoms with van der Waals surface area (Å²) in [5.41, 5.74) is 0. The van der Waals surface area contributed by atoms with E-state index in [1.54, 1.807) is 0 Å². The van der Waals surface area contributed by atoms with Gasteiger partial charge in [0.25, 0.3) is 0 Å². The van der Waals surface area contributed by atoms with Gasteiger partial charge < -0.3 is 20.3 Å². The molecule has 0 bridgehead atoms. The summed E-state index contributed by atoms with van der Waals surface area (Å²) in [6.07, 6.45) is 51.7. The van der Waals surface area contributed by atoms with Crippen molar-refractivity contribution in [2.75, 3.05) is 13.2 Å². The number of esters is 1. The molecular formula is C50H97NO5. The molecule has 2 atom stereocenters. The maximum absolute atomic E-state index is 12.4. The quantitative estimate of drug-likeness (QED) is 0.0324. The molecule has 0 saturated carbocycles. The van der Waals surface area contributed by atoms with Crippen molar-refractivity contribution in [1.29, 1.82) is 0 Å². The van der Waals surface area contributed by atoms with Crippen molar-refractivity contribution < 1.29 is 24.5 Å². The van der Waals surface area contributed by atoms with Gasteiger partial charge in [0, 0.05) is 12.8 Å². The van der Waals surface area contributed by atoms with Gasteiger partial charge in [-0.1, -0.05) is 219 Å². The number of hydrogen-bond acceptors (Lipinski definition) is 5. The molecule has 0 heterocycles. The van der Waals surface area contributed by atoms with Crippen molar-refractivity contribution in [2.24, 2.45) is 0 Å². The lowest BCUT2D eigenvalue weighted by Gasteiger charge is -2.22. The maximum atomic E-state index is 12.4. The molecular weight excluding hydrogens is 695 g/mol. The topological polar surface area (TPSA) is 95.9 Å². The molecule has 1 amide bonds. The van der Waals surface area contributed by atoms with Crippen LogP contribution >= 0.6 is 0 Å². The van der Waals surface area contributed by atoms with Gasteiger partial charge in [-0.3, -0.25) is 9.59 Å². The Morgan fingerprint density at radius 1 is 0.482 bits per heavy atom. The normalized spacial score (nSPS) is 12.7. The van der Waals surface area contributed by atoms with Crippen molar-refractivity contribution in [3.05, 3.63) is 12.2 Å². The zero-order valence-electron chi connectivity index (χ0n) is 37.6. The largest absolute Gasteiger partial charge is 0.466 e. The Balaban J connectivity index is 3.46. The van der Waals surface area contributed by atoms with E-state index in [1.807, 2.05) is 0 Å². The van der Waals surface area contributed by atoms with Gasteiger partial charge in [0.15, 0.2) is 0 Å². The van der Waals surface area contributed by atoms with E-state index >= 15 is 0 Å². The predicted octanol–water partition coefficient (Wildman–Crippen LogP) is 14.6. The van der Waals surface area contributed by atoms with Gasteiger partial charge in [0.2, 0.25) is 5.91 Å². The number of allylic oxidation sites excluding steroid dienone is 2. The molecule has 0 rings (SSSR count). The van der Waals surface area contributed by atoms with Gasteiger partial charge in [0.05, 0.1) is 25.4 Å². The Labute approximate surface area is 349 Å². The van der Waals surface area contributed by atoms with Crippen molar-refractivity contribution in [1.82, 2.24) is 5.32 Å². The zero-order valence-corrected chi connectivity index (χ0v) is 37.6. The van der Waals surface area contributed by atoms with E-state index in [9.17, 15) is 19.8 Å². The van der Waals surface area contributed by atoms with Gasteiger partial charge in [-0.25, -0.2) is 0 Å². The monoisotopic (exact) mass is 792 g/mol. The van der Waals surface area contributed by atoms with Crippen LogP contribution in [-0.4, -0.2) is 47.4 Å². The third-order valence-corrected chi connectivity index (χ3v) is 11.6. The summed E-state index contributed by atoms with van der Waals surface area (Å²) in [5.74, 6) is -0.0631. The molecule has 0 aliphatic rings. The second kappa shape index (κ2) is 46.3. The number of hydrogen-bond donors (Lipinski definition) is 3. The summed E-state index contributed by atoms with van der Waals surface area (Å²) in [6.45, 7) is 4.90. The van der Waals surface area contributed by atoms with Gasteiger partial charge in [-0.2, -0.15) is 0 Å². The molecule has 332 valence electrons. The van der Waals surface area contributed by atoms with Gasteiger partial charge in [-0.15, -0.1) is 0 Å². The van der Waals surface area contributed by atoms with Crippen molar-refractivity contribution in [3.8, 4) is 0 Å². The van der Waals surface area contributed by atoms with Crippen LogP contribution in [0.2, 0.25) is 0 Å². The molecule has 6 heteroatoms. The Morgan fingerprint density at radius 2 is 0.839 bits per heavy atom. The average Bonchev–Trinajstić information content (AvgIpc) is 3.20. The maximum Gasteiger partial charge on any atom is 0.305 e. The summed E-state index contributed by atoms with van der Waals surface area (Å²) >= 11 is 0. The molecule has 0 aromatic rings. The fourth-order valence-corrected chi connectivity index (χ4v) is 7.69. The molecule has 0 aromatic carbocycles. The number of aliphatic hydroxyl groups is 2. The predicted molar refractivity (Wildman–Crippen MR) is 241 cm³/mol. The molecule has 0 aliphatic heterocycles. The molecule has 0 saturated heterocycles. The van der Waals surface area contributed by atoms with Crippen LogP contribution < -0.4 is 5.32 Å². The summed E-state index contributed by atoms with van der Waals surface area (Å²) < 4.78 is 5.44. The van der Waals surface area contributed by atoms with Crippen LogP contribution in [0.15, 0.2) is 12.2 Å². The average molecular weight is 792 g/mol. The number of carbonyl (C=O) groups is 2. The number of aliphatic hydroxyl groups excluding tert-OH is 2. The number of carbonyl (C=O) groups excluding carboxylic acids is 2. The van der Waals surface area contributed by atoms with Gasteiger partial charge >= 0.3 is 5.97 Å². The van der Waals surface area contributed by atoms with Crippen LogP contribution in [0.25, 0.3) is 0 Å². The lowest BCUT2D eigenvalue weighted by atomic mass is 10.0. The van der Waals surface area contributed by atoms with Gasteiger partial charge in [-0.05, 0) is 51.4 Å². The van der Waals surface area contributed by atoms with E-state index in [4.69, 9.17) is 4.74 Å². The number of unbranched alkanes of at least 4 members (excludes halogenated alkanes) is 33. The molecule has 3 N–H and O–H groups in total. The van der Waals surface area contributed by atoms with Gasteiger partial charge in [0.1, 0.15) is 0 Å². The second-order valence-corrected chi connectivity index (χ2v) is 17.1. The fraction of sp³-hybridized carbons (Fsp3) is 0.920. The standard InChI is InChI=1S/C50H97NO5/c1-3-5-7-9-11-13-15-17-19-22-26-30-34-38-42-48(53)47(46-52)51-49(54)43-39-35-31-27-23-20-18-21-25-29-33-37-41-45-56-50(55)44-40-36-32-28-24-16-14-12-10-8-6-4-2/h12,14,47-48,52-53H,3-11,13,15-46H2,1-2H3,(H,51,54)/b14-12-. The zero-order chi connectivity index (χ0) is 40.8. The van der Waals surface area contributed by atoms with E-state index in [0.29, 0.717) is 25.9 Å². The second-order valence-electron chi connectivity index (χ2n) is 17.1. The first kappa shape index (κ1) is 54.6. The highest BCUT2D eigenvalue weighted by molar-refractivity contribution is 5.76. The van der Waals surface area contributed by atoms with Crippen molar-refractivity contribution in [2.45, 2.75) is 283 Å². The third kappa shape index (κ3) is 42.2.